The average Bonchev–Trinajstić information content (AvgIpc) is 2.43. The number of halogens is 1. The molecule has 0 unspecified atom stereocenters. The molecule has 1 aliphatic rings. The van der Waals surface area contributed by atoms with Crippen molar-refractivity contribution < 1.29 is 5.11 Å². The van der Waals surface area contributed by atoms with Gasteiger partial charge in [-0.1, -0.05) is 20.3 Å². The van der Waals surface area contributed by atoms with E-state index in [2.05, 4.69) is 42.5 Å². The molecule has 17 heavy (non-hydrogen) atoms. The molecule has 94 valence electrons. The summed E-state index contributed by atoms with van der Waals surface area (Å²) in [6.07, 6.45) is 4.77. The number of phenols is 1. The Kier molecular flexibility index (Phi) is 3.69. The number of rotatable bonds is 1. The van der Waals surface area contributed by atoms with E-state index >= 15 is 0 Å². The zero-order valence-electron chi connectivity index (χ0n) is 10.5. The average molecular weight is 345 g/mol. The van der Waals surface area contributed by atoms with E-state index in [1.54, 1.807) is 0 Å². The molecule has 0 spiro atoms. The van der Waals surface area contributed by atoms with E-state index in [-0.39, 0.29) is 5.41 Å². The first kappa shape index (κ1) is 13.1. The van der Waals surface area contributed by atoms with Gasteiger partial charge in [0, 0.05) is 12.1 Å². The quantitative estimate of drug-likeness (QED) is 0.605. The third-order valence-corrected chi connectivity index (χ3v) is 5.01. The first-order valence-electron chi connectivity index (χ1n) is 6.21. The molecule has 0 heterocycles. The van der Waals surface area contributed by atoms with Crippen molar-refractivity contribution >= 4 is 22.6 Å². The fraction of sp³-hybridized carbons (Fsp3) is 0.571. The molecule has 2 rings (SSSR count). The van der Waals surface area contributed by atoms with Crippen LogP contribution in [0, 0.1) is 3.57 Å². The summed E-state index contributed by atoms with van der Waals surface area (Å²) >= 11 is 2.27. The van der Waals surface area contributed by atoms with Crippen LogP contribution in [-0.4, -0.2) is 5.11 Å². The second-order valence-electron chi connectivity index (χ2n) is 5.52. The highest BCUT2D eigenvalue weighted by molar-refractivity contribution is 14.1. The van der Waals surface area contributed by atoms with Crippen LogP contribution in [0.3, 0.4) is 0 Å². The lowest BCUT2D eigenvalue weighted by molar-refractivity contribution is 0.455. The van der Waals surface area contributed by atoms with Gasteiger partial charge in [-0.15, -0.1) is 0 Å². The lowest BCUT2D eigenvalue weighted by Gasteiger charge is -2.27. The Morgan fingerprint density at radius 1 is 1.41 bits per heavy atom. The second-order valence-corrected chi connectivity index (χ2v) is 6.60. The smallest absolute Gasteiger partial charge is 0.133 e. The van der Waals surface area contributed by atoms with E-state index < -0.39 is 0 Å². The standard InChI is InChI=1S/C14H20INO/c1-14(2)6-4-3-5-10-11(14)7-9(8-16)13(17)12(10)15/h7,17H,3-6,8,16H2,1-2H3. The van der Waals surface area contributed by atoms with Crippen molar-refractivity contribution in [2.75, 3.05) is 0 Å². The molecule has 2 nitrogen and oxygen atoms in total. The van der Waals surface area contributed by atoms with Gasteiger partial charge in [-0.25, -0.2) is 0 Å². The zero-order valence-corrected chi connectivity index (χ0v) is 12.7. The van der Waals surface area contributed by atoms with Gasteiger partial charge < -0.3 is 10.8 Å². The van der Waals surface area contributed by atoms with E-state index in [1.807, 2.05) is 0 Å². The largest absolute Gasteiger partial charge is 0.506 e. The Bertz CT molecular complexity index is 440. The molecule has 0 atom stereocenters. The van der Waals surface area contributed by atoms with Crippen LogP contribution in [0.25, 0.3) is 0 Å². The minimum atomic E-state index is 0.198. The number of hydrogen-bond acceptors (Lipinski definition) is 2. The van der Waals surface area contributed by atoms with Gasteiger partial charge >= 0.3 is 0 Å². The lowest BCUT2D eigenvalue weighted by Crippen LogP contribution is -2.19. The van der Waals surface area contributed by atoms with Crippen molar-refractivity contribution in [1.82, 2.24) is 0 Å². The van der Waals surface area contributed by atoms with E-state index in [4.69, 9.17) is 5.73 Å². The first-order valence-corrected chi connectivity index (χ1v) is 7.29. The van der Waals surface area contributed by atoms with Gasteiger partial charge in [-0.2, -0.15) is 0 Å². The van der Waals surface area contributed by atoms with Crippen LogP contribution in [0.15, 0.2) is 6.07 Å². The fourth-order valence-corrected chi connectivity index (χ4v) is 3.65. The molecule has 0 bridgehead atoms. The number of hydrogen-bond donors (Lipinski definition) is 2. The van der Waals surface area contributed by atoms with Crippen LogP contribution in [0.1, 0.15) is 49.8 Å². The van der Waals surface area contributed by atoms with Crippen molar-refractivity contribution in [3.63, 3.8) is 0 Å². The number of fused-ring (bicyclic) bond motifs is 1. The SMILES string of the molecule is CC1(C)CCCCc2c1cc(CN)c(O)c2I. The Morgan fingerprint density at radius 3 is 2.76 bits per heavy atom. The molecule has 3 heteroatoms. The predicted octanol–water partition coefficient (Wildman–Crippen LogP) is 3.46. The summed E-state index contributed by atoms with van der Waals surface area (Å²) in [6.45, 7) is 5.00. The number of aromatic hydroxyl groups is 1. The number of benzene rings is 1. The van der Waals surface area contributed by atoms with Crippen LogP contribution < -0.4 is 5.73 Å². The van der Waals surface area contributed by atoms with Crippen molar-refractivity contribution in [2.45, 2.75) is 51.5 Å². The minimum Gasteiger partial charge on any atom is -0.506 e. The molecule has 0 amide bonds. The van der Waals surface area contributed by atoms with Crippen LogP contribution >= 0.6 is 22.6 Å². The summed E-state index contributed by atoms with van der Waals surface area (Å²) in [5.74, 6) is 0.393. The molecular weight excluding hydrogens is 325 g/mol. The van der Waals surface area contributed by atoms with Crippen molar-refractivity contribution in [2.24, 2.45) is 5.73 Å². The van der Waals surface area contributed by atoms with Gasteiger partial charge in [0.25, 0.3) is 0 Å². The number of phenolic OH excluding ortho intramolecular Hbond substituents is 1. The third-order valence-electron chi connectivity index (χ3n) is 3.85. The maximum Gasteiger partial charge on any atom is 0.133 e. The molecule has 0 radical (unpaired) electrons. The van der Waals surface area contributed by atoms with Crippen molar-refractivity contribution in [1.29, 1.82) is 0 Å². The topological polar surface area (TPSA) is 46.2 Å². The van der Waals surface area contributed by atoms with Crippen LogP contribution in [0.4, 0.5) is 0 Å². The van der Waals surface area contributed by atoms with Crippen LogP contribution in [0.5, 0.6) is 5.75 Å². The van der Waals surface area contributed by atoms with Gasteiger partial charge in [0.1, 0.15) is 5.75 Å². The normalized spacial score (nSPS) is 18.6. The van der Waals surface area contributed by atoms with Gasteiger partial charge in [0.2, 0.25) is 0 Å². The maximum atomic E-state index is 10.1. The van der Waals surface area contributed by atoms with E-state index in [0.717, 1.165) is 15.6 Å². The molecule has 0 saturated carbocycles. The van der Waals surface area contributed by atoms with E-state index in [9.17, 15) is 5.11 Å². The minimum absolute atomic E-state index is 0.198. The van der Waals surface area contributed by atoms with Gasteiger partial charge in [-0.3, -0.25) is 0 Å². The summed E-state index contributed by atoms with van der Waals surface area (Å²) in [5.41, 5.74) is 9.52. The van der Waals surface area contributed by atoms with E-state index in [1.165, 1.54) is 30.4 Å². The van der Waals surface area contributed by atoms with Crippen molar-refractivity contribution in [3.8, 4) is 5.75 Å². The molecule has 1 aromatic rings. The third kappa shape index (κ3) is 2.32. The fourth-order valence-electron chi connectivity index (χ4n) is 2.74. The molecule has 0 aromatic heterocycles. The molecule has 0 saturated heterocycles. The highest BCUT2D eigenvalue weighted by Crippen LogP contribution is 2.41. The van der Waals surface area contributed by atoms with E-state index in [0.29, 0.717) is 12.3 Å². The van der Waals surface area contributed by atoms with Gasteiger partial charge in [0.05, 0.1) is 3.57 Å². The monoisotopic (exact) mass is 345 g/mol. The lowest BCUT2D eigenvalue weighted by atomic mass is 9.79. The molecule has 0 fully saturated rings. The van der Waals surface area contributed by atoms with Crippen LogP contribution in [-0.2, 0) is 18.4 Å². The van der Waals surface area contributed by atoms with Gasteiger partial charge in [-0.05, 0) is 64.5 Å². The second kappa shape index (κ2) is 4.76. The summed E-state index contributed by atoms with van der Waals surface area (Å²) in [7, 11) is 0. The van der Waals surface area contributed by atoms with Crippen LogP contribution in [0.2, 0.25) is 0 Å². The molecule has 1 aliphatic carbocycles. The summed E-state index contributed by atoms with van der Waals surface area (Å²) < 4.78 is 1.01. The molecular formula is C14H20INO. The summed E-state index contributed by atoms with van der Waals surface area (Å²) in [5, 5.41) is 10.1. The highest BCUT2D eigenvalue weighted by atomic mass is 127. The Balaban J connectivity index is 2.67. The Hall–Kier alpha value is -0.290. The van der Waals surface area contributed by atoms with Crippen molar-refractivity contribution in [3.05, 3.63) is 26.3 Å². The summed E-state index contributed by atoms with van der Waals surface area (Å²) in [4.78, 5) is 0. The summed E-state index contributed by atoms with van der Waals surface area (Å²) in [6, 6.07) is 2.12. The zero-order chi connectivity index (χ0) is 12.6. The Morgan fingerprint density at radius 2 is 2.12 bits per heavy atom. The number of nitrogens with two attached hydrogens (primary N) is 1. The first-order chi connectivity index (χ1) is 7.97. The maximum absolute atomic E-state index is 10.1. The highest BCUT2D eigenvalue weighted by Gasteiger charge is 2.28. The molecule has 1 aromatic carbocycles. The molecule has 0 aliphatic heterocycles. The van der Waals surface area contributed by atoms with Gasteiger partial charge in [0.15, 0.2) is 0 Å². The molecule has 3 N–H and O–H groups in total. The Labute approximate surface area is 117 Å². The predicted molar refractivity (Wildman–Crippen MR) is 79.3 cm³/mol.